The van der Waals surface area contributed by atoms with Crippen LogP contribution < -0.4 is 0 Å². The van der Waals surface area contributed by atoms with Crippen LogP contribution in [0.1, 0.15) is 50.7 Å². The van der Waals surface area contributed by atoms with Crippen molar-refractivity contribution in [2.75, 3.05) is 0 Å². The number of allylic oxidation sites excluding steroid dienone is 1. The van der Waals surface area contributed by atoms with Crippen molar-refractivity contribution in [3.8, 4) is 0 Å². The summed E-state index contributed by atoms with van der Waals surface area (Å²) in [6, 6.07) is 8.70. The number of ether oxygens (including phenoxy) is 1. The summed E-state index contributed by atoms with van der Waals surface area (Å²) in [6.07, 6.45) is 6.14. The lowest BCUT2D eigenvalue weighted by Crippen LogP contribution is -2.48. The van der Waals surface area contributed by atoms with Crippen molar-refractivity contribution in [3.05, 3.63) is 47.5 Å². The molecule has 0 aromatic heterocycles. The Morgan fingerprint density at radius 1 is 1.19 bits per heavy atom. The van der Waals surface area contributed by atoms with Crippen molar-refractivity contribution >= 4 is 6.09 Å². The molecule has 0 saturated heterocycles. The second-order valence-corrected chi connectivity index (χ2v) is 6.92. The summed E-state index contributed by atoms with van der Waals surface area (Å²) in [5, 5.41) is 0. The second-order valence-electron chi connectivity index (χ2n) is 6.92. The van der Waals surface area contributed by atoms with Crippen LogP contribution in [0.2, 0.25) is 0 Å². The zero-order valence-electron chi connectivity index (χ0n) is 13.0. The molecule has 3 heteroatoms. The standard InChI is InChI=1S/C18H23NO2/c1-18(2,3)21-17(20)19-12-13-8-4-5-9-14(13)15-10-6-7-11-16(15)19/h4-9,15-16H,10-12H2,1-3H3/t15-,16-/m0/s1. The molecule has 0 saturated carbocycles. The van der Waals surface area contributed by atoms with Crippen LogP contribution in [0.25, 0.3) is 0 Å². The van der Waals surface area contributed by atoms with E-state index in [1.807, 2.05) is 31.7 Å². The molecular formula is C18H23NO2. The van der Waals surface area contributed by atoms with Crippen LogP contribution in [0, 0.1) is 0 Å². The Bertz CT molecular complexity index is 571. The van der Waals surface area contributed by atoms with Crippen molar-refractivity contribution in [2.24, 2.45) is 0 Å². The van der Waals surface area contributed by atoms with Crippen molar-refractivity contribution in [1.29, 1.82) is 0 Å². The van der Waals surface area contributed by atoms with Gasteiger partial charge in [-0.25, -0.2) is 4.79 Å². The minimum absolute atomic E-state index is 0.192. The number of carbonyl (C=O) groups excluding carboxylic acids is 1. The first-order valence-corrected chi connectivity index (χ1v) is 7.68. The summed E-state index contributed by atoms with van der Waals surface area (Å²) < 4.78 is 5.60. The van der Waals surface area contributed by atoms with Gasteiger partial charge in [-0.05, 0) is 44.7 Å². The van der Waals surface area contributed by atoms with Crippen LogP contribution in [0.3, 0.4) is 0 Å². The fourth-order valence-corrected chi connectivity index (χ4v) is 3.34. The monoisotopic (exact) mass is 285 g/mol. The molecule has 21 heavy (non-hydrogen) atoms. The molecule has 3 rings (SSSR count). The highest BCUT2D eigenvalue weighted by Crippen LogP contribution is 2.40. The normalized spacial score (nSPS) is 24.2. The molecule has 0 fully saturated rings. The number of rotatable bonds is 0. The summed E-state index contributed by atoms with van der Waals surface area (Å²) in [5.74, 6) is 0.396. The Morgan fingerprint density at radius 3 is 2.67 bits per heavy atom. The molecule has 3 nitrogen and oxygen atoms in total. The van der Waals surface area contributed by atoms with Crippen molar-refractivity contribution < 1.29 is 9.53 Å². The molecule has 0 spiro atoms. The van der Waals surface area contributed by atoms with Gasteiger partial charge in [0.25, 0.3) is 0 Å². The van der Waals surface area contributed by atoms with Crippen LogP contribution in [0.5, 0.6) is 0 Å². The first kappa shape index (κ1) is 14.2. The van der Waals surface area contributed by atoms with Gasteiger partial charge in [0.05, 0.1) is 0 Å². The largest absolute Gasteiger partial charge is 0.444 e. The van der Waals surface area contributed by atoms with Gasteiger partial charge in [-0.1, -0.05) is 36.4 Å². The van der Waals surface area contributed by atoms with Crippen LogP contribution in [-0.2, 0) is 11.3 Å². The van der Waals surface area contributed by atoms with Gasteiger partial charge in [-0.3, -0.25) is 4.90 Å². The Balaban J connectivity index is 1.92. The van der Waals surface area contributed by atoms with E-state index in [0.717, 1.165) is 12.8 Å². The maximum absolute atomic E-state index is 12.6. The third-order valence-electron chi connectivity index (χ3n) is 4.22. The predicted octanol–water partition coefficient (Wildman–Crippen LogP) is 4.24. The van der Waals surface area contributed by atoms with Gasteiger partial charge < -0.3 is 4.74 Å². The Kier molecular flexibility index (Phi) is 3.52. The highest BCUT2D eigenvalue weighted by Gasteiger charge is 2.39. The maximum Gasteiger partial charge on any atom is 0.410 e. The van der Waals surface area contributed by atoms with Gasteiger partial charge in [-0.15, -0.1) is 0 Å². The molecule has 2 aliphatic rings. The van der Waals surface area contributed by atoms with Crippen LogP contribution >= 0.6 is 0 Å². The van der Waals surface area contributed by atoms with Crippen molar-refractivity contribution in [3.63, 3.8) is 0 Å². The van der Waals surface area contributed by atoms with Crippen molar-refractivity contribution in [1.82, 2.24) is 4.90 Å². The van der Waals surface area contributed by atoms with E-state index in [2.05, 4.69) is 30.4 Å². The lowest BCUT2D eigenvalue weighted by atomic mass is 9.78. The van der Waals surface area contributed by atoms with E-state index in [4.69, 9.17) is 4.74 Å². The highest BCUT2D eigenvalue weighted by molar-refractivity contribution is 5.69. The van der Waals surface area contributed by atoms with Gasteiger partial charge in [0.15, 0.2) is 0 Å². The van der Waals surface area contributed by atoms with E-state index < -0.39 is 5.60 Å². The third-order valence-corrected chi connectivity index (χ3v) is 4.22. The van der Waals surface area contributed by atoms with Gasteiger partial charge in [0.1, 0.15) is 5.60 Å². The third kappa shape index (κ3) is 2.82. The minimum Gasteiger partial charge on any atom is -0.444 e. The summed E-state index contributed by atoms with van der Waals surface area (Å²) in [7, 11) is 0. The predicted molar refractivity (Wildman–Crippen MR) is 83.1 cm³/mol. The van der Waals surface area contributed by atoms with Gasteiger partial charge in [-0.2, -0.15) is 0 Å². The molecule has 112 valence electrons. The Morgan fingerprint density at radius 2 is 1.90 bits per heavy atom. The van der Waals surface area contributed by atoms with E-state index in [1.54, 1.807) is 0 Å². The number of hydrogen-bond acceptors (Lipinski definition) is 2. The number of hydrogen-bond donors (Lipinski definition) is 0. The molecule has 1 aromatic rings. The zero-order chi connectivity index (χ0) is 15.0. The van der Waals surface area contributed by atoms with E-state index in [0.29, 0.717) is 12.5 Å². The lowest BCUT2D eigenvalue weighted by Gasteiger charge is -2.43. The van der Waals surface area contributed by atoms with Gasteiger partial charge >= 0.3 is 6.09 Å². The average Bonchev–Trinajstić information content (AvgIpc) is 2.44. The van der Waals surface area contributed by atoms with E-state index in [-0.39, 0.29) is 12.1 Å². The SMILES string of the molecule is CC(C)(C)OC(=O)N1Cc2ccccc2[C@@H]2CC=CC[C@@H]21. The quantitative estimate of drug-likeness (QED) is 0.667. The molecule has 1 aliphatic carbocycles. The summed E-state index contributed by atoms with van der Waals surface area (Å²) in [4.78, 5) is 14.5. The molecule has 0 bridgehead atoms. The molecule has 1 amide bonds. The molecule has 1 aromatic carbocycles. The highest BCUT2D eigenvalue weighted by atomic mass is 16.6. The summed E-state index contributed by atoms with van der Waals surface area (Å²) in [5.41, 5.74) is 2.19. The molecule has 2 atom stereocenters. The lowest BCUT2D eigenvalue weighted by molar-refractivity contribution is 0.00805. The first-order valence-electron chi connectivity index (χ1n) is 7.68. The zero-order valence-corrected chi connectivity index (χ0v) is 13.0. The molecule has 1 aliphatic heterocycles. The number of fused-ring (bicyclic) bond motifs is 3. The maximum atomic E-state index is 12.6. The molecule has 0 N–H and O–H groups in total. The summed E-state index contributed by atoms with van der Waals surface area (Å²) >= 11 is 0. The molecular weight excluding hydrogens is 262 g/mol. The first-order chi connectivity index (χ1) is 9.96. The van der Waals surface area contributed by atoms with E-state index in [9.17, 15) is 4.79 Å². The molecule has 1 heterocycles. The molecule has 0 unspecified atom stereocenters. The molecule has 0 radical (unpaired) electrons. The number of carbonyl (C=O) groups is 1. The smallest absolute Gasteiger partial charge is 0.410 e. The van der Waals surface area contributed by atoms with E-state index in [1.165, 1.54) is 11.1 Å². The number of nitrogens with zero attached hydrogens (tertiary/aromatic N) is 1. The number of amides is 1. The minimum atomic E-state index is -0.450. The van der Waals surface area contributed by atoms with E-state index >= 15 is 0 Å². The van der Waals surface area contributed by atoms with Gasteiger partial charge in [0, 0.05) is 18.5 Å². The topological polar surface area (TPSA) is 29.5 Å². The van der Waals surface area contributed by atoms with Crippen LogP contribution in [0.15, 0.2) is 36.4 Å². The fraction of sp³-hybridized carbons (Fsp3) is 0.500. The second kappa shape index (κ2) is 5.21. The number of benzene rings is 1. The van der Waals surface area contributed by atoms with Gasteiger partial charge in [0.2, 0.25) is 0 Å². The van der Waals surface area contributed by atoms with Crippen LogP contribution in [-0.4, -0.2) is 22.6 Å². The summed E-state index contributed by atoms with van der Waals surface area (Å²) in [6.45, 7) is 6.41. The average molecular weight is 285 g/mol. The van der Waals surface area contributed by atoms with Crippen LogP contribution in [0.4, 0.5) is 4.79 Å². The Hall–Kier alpha value is -1.77. The fourth-order valence-electron chi connectivity index (χ4n) is 3.34. The Labute approximate surface area is 126 Å². The van der Waals surface area contributed by atoms with Crippen molar-refractivity contribution in [2.45, 2.75) is 57.7 Å².